The number of ether oxygens (including phenoxy) is 1. The molecule has 0 radical (unpaired) electrons. The molecule has 0 unspecified atom stereocenters. The summed E-state index contributed by atoms with van der Waals surface area (Å²) < 4.78 is 51.3. The van der Waals surface area contributed by atoms with Gasteiger partial charge in [-0.25, -0.2) is 17.8 Å². The minimum Gasteiger partial charge on any atom is -0.493 e. The molecular formula is C23H22FN5O3S2. The van der Waals surface area contributed by atoms with Crippen LogP contribution in [-0.4, -0.2) is 35.8 Å². The van der Waals surface area contributed by atoms with Gasteiger partial charge in [0.1, 0.15) is 17.9 Å². The first kappa shape index (κ1) is 22.7. The zero-order chi connectivity index (χ0) is 23.7. The number of nitriles is 1. The Morgan fingerprint density at radius 2 is 2.00 bits per heavy atom. The van der Waals surface area contributed by atoms with E-state index in [1.54, 1.807) is 30.3 Å². The van der Waals surface area contributed by atoms with Gasteiger partial charge in [0.2, 0.25) is 5.13 Å². The SMILES string of the molecule is N#C[C@@H]1CCN([C@H]2CCOc3cc(S(=O)(=O)Nc4ncns4)ccc32)[C@H](c2ccc(F)cc2)C1. The minimum absolute atomic E-state index is 0.00804. The van der Waals surface area contributed by atoms with Gasteiger partial charge < -0.3 is 4.74 Å². The highest BCUT2D eigenvalue weighted by Crippen LogP contribution is 2.45. The van der Waals surface area contributed by atoms with E-state index in [0.717, 1.165) is 35.5 Å². The number of nitrogens with zero attached hydrogens (tertiary/aromatic N) is 4. The van der Waals surface area contributed by atoms with Gasteiger partial charge in [-0.3, -0.25) is 9.62 Å². The van der Waals surface area contributed by atoms with Gasteiger partial charge >= 0.3 is 0 Å². The summed E-state index contributed by atoms with van der Waals surface area (Å²) in [5, 5.41) is 9.73. The Bertz CT molecular complexity index is 1310. The standard InChI is InChI=1S/C23H22FN5O3S2/c24-17-3-1-16(2-4-17)21-11-15(13-25)7-9-29(21)20-8-10-32-22-12-18(5-6-19(20)22)34(30,31)28-23-26-14-27-33-23/h1-6,12,14-15,20-21H,7-11H2,(H,26,27,28)/t15-,20+,21+/m1/s1. The first-order chi connectivity index (χ1) is 16.4. The topological polar surface area (TPSA) is 108 Å². The molecule has 3 heterocycles. The zero-order valence-corrected chi connectivity index (χ0v) is 19.7. The van der Waals surface area contributed by atoms with Crippen molar-refractivity contribution in [1.29, 1.82) is 5.26 Å². The van der Waals surface area contributed by atoms with Crippen molar-refractivity contribution in [3.05, 3.63) is 65.7 Å². The van der Waals surface area contributed by atoms with Crippen LogP contribution < -0.4 is 9.46 Å². The van der Waals surface area contributed by atoms with Crippen molar-refractivity contribution in [2.45, 2.75) is 36.2 Å². The summed E-state index contributed by atoms with van der Waals surface area (Å²) in [4.78, 5) is 6.30. The quantitative estimate of drug-likeness (QED) is 0.558. The number of likely N-dealkylation sites (tertiary alicyclic amines) is 1. The highest BCUT2D eigenvalue weighted by atomic mass is 32.2. The number of hydrogen-bond donors (Lipinski definition) is 1. The average Bonchev–Trinajstić information content (AvgIpc) is 3.36. The zero-order valence-electron chi connectivity index (χ0n) is 18.1. The maximum atomic E-state index is 13.6. The van der Waals surface area contributed by atoms with Gasteiger partial charge in [0, 0.05) is 54.1 Å². The highest BCUT2D eigenvalue weighted by Gasteiger charge is 2.37. The summed E-state index contributed by atoms with van der Waals surface area (Å²) in [7, 11) is -3.83. The molecule has 0 saturated carbocycles. The molecule has 34 heavy (non-hydrogen) atoms. The molecule has 3 aromatic rings. The number of hydrogen-bond acceptors (Lipinski definition) is 8. The third-order valence-corrected chi connectivity index (χ3v) is 8.41. The van der Waals surface area contributed by atoms with Crippen molar-refractivity contribution in [1.82, 2.24) is 14.3 Å². The molecule has 1 N–H and O–H groups in total. The van der Waals surface area contributed by atoms with Crippen LogP contribution >= 0.6 is 11.5 Å². The second-order valence-electron chi connectivity index (χ2n) is 8.36. The van der Waals surface area contributed by atoms with E-state index in [2.05, 4.69) is 25.0 Å². The van der Waals surface area contributed by atoms with Crippen molar-refractivity contribution in [2.75, 3.05) is 17.9 Å². The predicted octanol–water partition coefficient (Wildman–Crippen LogP) is 4.28. The van der Waals surface area contributed by atoms with Gasteiger partial charge in [0.05, 0.1) is 17.6 Å². The van der Waals surface area contributed by atoms with Gasteiger partial charge in [-0.1, -0.05) is 18.2 Å². The van der Waals surface area contributed by atoms with Gasteiger partial charge in [-0.15, -0.1) is 0 Å². The van der Waals surface area contributed by atoms with Crippen LogP contribution in [0.25, 0.3) is 0 Å². The number of anilines is 1. The van der Waals surface area contributed by atoms with E-state index in [0.29, 0.717) is 25.3 Å². The number of halogens is 1. The lowest BCUT2D eigenvalue weighted by molar-refractivity contribution is 0.0550. The Morgan fingerprint density at radius 1 is 1.18 bits per heavy atom. The molecule has 0 bridgehead atoms. The molecule has 1 saturated heterocycles. The summed E-state index contributed by atoms with van der Waals surface area (Å²) in [5.74, 6) is 0.163. The molecule has 3 atom stereocenters. The van der Waals surface area contributed by atoms with Crippen LogP contribution in [0.5, 0.6) is 5.75 Å². The lowest BCUT2D eigenvalue weighted by atomic mass is 9.85. The maximum absolute atomic E-state index is 13.6. The lowest BCUT2D eigenvalue weighted by Gasteiger charge is -2.44. The van der Waals surface area contributed by atoms with Crippen LogP contribution in [0, 0.1) is 23.1 Å². The van der Waals surface area contributed by atoms with E-state index >= 15 is 0 Å². The summed E-state index contributed by atoms with van der Waals surface area (Å²) in [6, 6.07) is 13.7. The van der Waals surface area contributed by atoms with Crippen LogP contribution in [-0.2, 0) is 10.0 Å². The van der Waals surface area contributed by atoms with Gasteiger partial charge in [-0.05, 0) is 36.6 Å². The largest absolute Gasteiger partial charge is 0.493 e. The second kappa shape index (κ2) is 9.29. The van der Waals surface area contributed by atoms with Crippen LogP contribution in [0.2, 0.25) is 0 Å². The number of piperidine rings is 1. The second-order valence-corrected chi connectivity index (χ2v) is 10.8. The van der Waals surface area contributed by atoms with Crippen molar-refractivity contribution in [2.24, 2.45) is 5.92 Å². The summed E-state index contributed by atoms with van der Waals surface area (Å²) >= 11 is 0.958. The first-order valence-corrected chi connectivity index (χ1v) is 13.2. The van der Waals surface area contributed by atoms with Crippen molar-refractivity contribution in [3.8, 4) is 11.8 Å². The Morgan fingerprint density at radius 3 is 2.74 bits per heavy atom. The number of rotatable bonds is 5. The van der Waals surface area contributed by atoms with Crippen molar-refractivity contribution < 1.29 is 17.5 Å². The van der Waals surface area contributed by atoms with E-state index in [-0.39, 0.29) is 33.8 Å². The highest BCUT2D eigenvalue weighted by molar-refractivity contribution is 7.93. The number of aromatic nitrogens is 2. The molecule has 2 aliphatic heterocycles. The van der Waals surface area contributed by atoms with E-state index < -0.39 is 10.0 Å². The molecule has 2 aliphatic rings. The van der Waals surface area contributed by atoms with Gasteiger partial charge in [0.15, 0.2) is 0 Å². The number of fused-ring (bicyclic) bond motifs is 1. The van der Waals surface area contributed by atoms with Crippen LogP contribution in [0.3, 0.4) is 0 Å². The monoisotopic (exact) mass is 499 g/mol. The maximum Gasteiger partial charge on any atom is 0.263 e. The molecule has 0 amide bonds. The average molecular weight is 500 g/mol. The molecule has 176 valence electrons. The molecule has 0 aliphatic carbocycles. The van der Waals surface area contributed by atoms with E-state index in [1.807, 2.05) is 0 Å². The molecule has 1 aromatic heterocycles. The van der Waals surface area contributed by atoms with Gasteiger partial charge in [0.25, 0.3) is 10.0 Å². The van der Waals surface area contributed by atoms with E-state index in [4.69, 9.17) is 4.74 Å². The summed E-state index contributed by atoms with van der Waals surface area (Å²) in [6.07, 6.45) is 3.43. The van der Waals surface area contributed by atoms with Crippen LogP contribution in [0.4, 0.5) is 9.52 Å². The third-order valence-electron chi connectivity index (χ3n) is 6.37. The molecule has 8 nitrogen and oxygen atoms in total. The summed E-state index contributed by atoms with van der Waals surface area (Å²) in [5.41, 5.74) is 1.87. The van der Waals surface area contributed by atoms with Crippen molar-refractivity contribution in [3.63, 3.8) is 0 Å². The molecule has 2 aromatic carbocycles. The predicted molar refractivity (Wildman–Crippen MR) is 124 cm³/mol. The Labute approximate surface area is 201 Å². The molecular weight excluding hydrogens is 477 g/mol. The van der Waals surface area contributed by atoms with E-state index in [1.165, 1.54) is 18.5 Å². The van der Waals surface area contributed by atoms with Crippen LogP contribution in [0.1, 0.15) is 42.5 Å². The fraction of sp³-hybridized carbons (Fsp3) is 0.348. The smallest absolute Gasteiger partial charge is 0.263 e. The Balaban J connectivity index is 1.46. The fourth-order valence-electron chi connectivity index (χ4n) is 4.74. The molecule has 11 heteroatoms. The molecule has 0 spiro atoms. The lowest BCUT2D eigenvalue weighted by Crippen LogP contribution is -2.41. The fourth-order valence-corrected chi connectivity index (χ4v) is 6.42. The van der Waals surface area contributed by atoms with E-state index in [9.17, 15) is 18.1 Å². The normalized spacial score (nSPS) is 22.9. The minimum atomic E-state index is -3.83. The van der Waals surface area contributed by atoms with Crippen molar-refractivity contribution >= 4 is 26.7 Å². The Hall–Kier alpha value is -3.07. The number of sulfonamides is 1. The molecule has 5 rings (SSSR count). The van der Waals surface area contributed by atoms with Gasteiger partial charge in [-0.2, -0.15) is 9.64 Å². The van der Waals surface area contributed by atoms with Crippen LogP contribution in [0.15, 0.2) is 53.7 Å². The molecule has 1 fully saturated rings. The third kappa shape index (κ3) is 4.49. The summed E-state index contributed by atoms with van der Waals surface area (Å²) in [6.45, 7) is 1.16. The number of nitrogens with one attached hydrogen (secondary N) is 1. The Kier molecular flexibility index (Phi) is 6.20. The number of benzene rings is 2. The first-order valence-electron chi connectivity index (χ1n) is 10.9.